The van der Waals surface area contributed by atoms with E-state index in [2.05, 4.69) is 15.5 Å². The Kier molecular flexibility index (Phi) is 6.98. The van der Waals surface area contributed by atoms with Gasteiger partial charge in [0.1, 0.15) is 17.2 Å². The van der Waals surface area contributed by atoms with Gasteiger partial charge < -0.3 is 24.7 Å². The van der Waals surface area contributed by atoms with E-state index in [9.17, 15) is 9.59 Å². The van der Waals surface area contributed by atoms with Crippen molar-refractivity contribution in [1.82, 2.24) is 10.2 Å². The predicted octanol–water partition coefficient (Wildman–Crippen LogP) is 5.16. The van der Waals surface area contributed by atoms with E-state index in [0.717, 1.165) is 35.7 Å². The molecule has 2 aromatic carbocycles. The topological polar surface area (TPSA) is 83.8 Å². The van der Waals surface area contributed by atoms with Gasteiger partial charge in [0.05, 0.1) is 18.4 Å². The normalized spacial score (nSPS) is 15.6. The molecule has 5 rings (SSSR count). The zero-order valence-corrected chi connectivity index (χ0v) is 19.0. The van der Waals surface area contributed by atoms with E-state index in [-0.39, 0.29) is 11.7 Å². The maximum atomic E-state index is 12.2. The summed E-state index contributed by atoms with van der Waals surface area (Å²) in [5, 5.41) is 7.17. The molecule has 0 aliphatic carbocycles. The fourth-order valence-corrected chi connectivity index (χ4v) is 3.97. The lowest BCUT2D eigenvalue weighted by Crippen LogP contribution is -2.35. The van der Waals surface area contributed by atoms with Crippen LogP contribution in [0, 0.1) is 0 Å². The first-order valence-corrected chi connectivity index (χ1v) is 11.3. The number of nitrogens with one attached hydrogen (secondary N) is 2. The van der Waals surface area contributed by atoms with E-state index < -0.39 is 0 Å². The third-order valence-electron chi connectivity index (χ3n) is 5.80. The summed E-state index contributed by atoms with van der Waals surface area (Å²) in [6.45, 7) is 3.52. The third kappa shape index (κ3) is 5.37. The average Bonchev–Trinajstić information content (AvgIpc) is 2.97. The van der Waals surface area contributed by atoms with E-state index >= 15 is 0 Å². The quantitative estimate of drug-likeness (QED) is 0.540. The van der Waals surface area contributed by atoms with Crippen LogP contribution in [0.5, 0.6) is 5.75 Å². The Morgan fingerprint density at radius 3 is 2.52 bits per heavy atom. The van der Waals surface area contributed by atoms with E-state index in [1.54, 1.807) is 19.2 Å². The molecular weight excluding hydrogens is 418 g/mol. The number of likely N-dealkylation sites (tertiary alicyclic amines) is 1. The van der Waals surface area contributed by atoms with Crippen molar-refractivity contribution in [1.29, 1.82) is 0 Å². The SMILES string of the molecule is COc1ccc2cc(C(C)=O)oc2c1.O=C1NC(N2CCCCCC2)=CNc2ccccc21. The van der Waals surface area contributed by atoms with Crippen molar-refractivity contribution in [3.63, 3.8) is 0 Å². The molecule has 2 N–H and O–H groups in total. The Labute approximate surface area is 193 Å². The number of carbonyl (C=O) groups excluding carboxylic acids is 2. The molecule has 0 unspecified atom stereocenters. The molecule has 0 saturated carbocycles. The Bertz CT molecular complexity index is 1170. The third-order valence-corrected chi connectivity index (χ3v) is 5.80. The number of methoxy groups -OCH3 is 1. The van der Waals surface area contributed by atoms with Gasteiger partial charge in [-0.15, -0.1) is 0 Å². The maximum Gasteiger partial charge on any atom is 0.258 e. The Hall–Kier alpha value is -3.74. The summed E-state index contributed by atoms with van der Waals surface area (Å²) in [5.74, 6) is 1.90. The number of ketones is 1. The number of nitrogens with zero attached hydrogens (tertiary/aromatic N) is 1. The predicted molar refractivity (Wildman–Crippen MR) is 128 cm³/mol. The van der Waals surface area contributed by atoms with Gasteiger partial charge in [-0.3, -0.25) is 9.59 Å². The van der Waals surface area contributed by atoms with Gasteiger partial charge in [-0.1, -0.05) is 25.0 Å². The molecule has 172 valence electrons. The molecule has 0 radical (unpaired) electrons. The molecule has 0 atom stereocenters. The fraction of sp³-hybridized carbons (Fsp3) is 0.308. The minimum atomic E-state index is -0.0693. The smallest absolute Gasteiger partial charge is 0.258 e. The summed E-state index contributed by atoms with van der Waals surface area (Å²) < 4.78 is 10.4. The van der Waals surface area contributed by atoms with Crippen LogP contribution in [-0.2, 0) is 0 Å². The van der Waals surface area contributed by atoms with Crippen LogP contribution in [-0.4, -0.2) is 36.8 Å². The van der Waals surface area contributed by atoms with Gasteiger partial charge in [0.15, 0.2) is 11.5 Å². The van der Waals surface area contributed by atoms with Crippen LogP contribution in [0.25, 0.3) is 11.0 Å². The molecule has 3 aromatic rings. The average molecular weight is 448 g/mol. The van der Waals surface area contributed by atoms with Crippen molar-refractivity contribution in [2.24, 2.45) is 0 Å². The number of furan rings is 1. The van der Waals surface area contributed by atoms with Crippen LogP contribution in [0.1, 0.15) is 53.5 Å². The highest BCUT2D eigenvalue weighted by atomic mass is 16.5. The number of amides is 1. The summed E-state index contributed by atoms with van der Waals surface area (Å²) in [6.07, 6.45) is 6.87. The molecule has 7 heteroatoms. The van der Waals surface area contributed by atoms with E-state index in [4.69, 9.17) is 9.15 Å². The molecule has 0 bridgehead atoms. The van der Waals surface area contributed by atoms with Crippen LogP contribution in [0.4, 0.5) is 5.69 Å². The van der Waals surface area contributed by atoms with Crippen molar-refractivity contribution >= 4 is 28.3 Å². The molecule has 1 fully saturated rings. The van der Waals surface area contributed by atoms with Gasteiger partial charge in [0, 0.05) is 37.7 Å². The Balaban J connectivity index is 0.000000165. The fourth-order valence-electron chi connectivity index (χ4n) is 3.97. The zero-order valence-electron chi connectivity index (χ0n) is 19.0. The van der Waals surface area contributed by atoms with Crippen LogP contribution >= 0.6 is 0 Å². The number of carbonyl (C=O) groups is 2. The molecule has 1 amide bonds. The molecule has 33 heavy (non-hydrogen) atoms. The second-order valence-corrected chi connectivity index (χ2v) is 8.15. The molecule has 2 aliphatic rings. The number of fused-ring (bicyclic) bond motifs is 2. The number of benzene rings is 2. The van der Waals surface area contributed by atoms with Gasteiger partial charge in [-0.05, 0) is 43.2 Å². The van der Waals surface area contributed by atoms with E-state index in [1.807, 2.05) is 42.6 Å². The van der Waals surface area contributed by atoms with Crippen LogP contribution in [0.15, 0.2) is 65.0 Å². The van der Waals surface area contributed by atoms with Crippen molar-refractivity contribution in [2.45, 2.75) is 32.6 Å². The Morgan fingerprint density at radius 1 is 1.03 bits per heavy atom. The molecule has 7 nitrogen and oxygen atoms in total. The number of rotatable bonds is 3. The first-order chi connectivity index (χ1) is 16.0. The second kappa shape index (κ2) is 10.3. The van der Waals surface area contributed by atoms with Crippen LogP contribution < -0.4 is 15.4 Å². The highest BCUT2D eigenvalue weighted by molar-refractivity contribution is 6.01. The zero-order chi connectivity index (χ0) is 23.2. The molecular formula is C26H29N3O4. The molecule has 1 saturated heterocycles. The first-order valence-electron chi connectivity index (χ1n) is 11.3. The number of ether oxygens (including phenoxy) is 1. The molecule has 1 aromatic heterocycles. The molecule has 0 spiro atoms. The monoisotopic (exact) mass is 447 g/mol. The second-order valence-electron chi connectivity index (χ2n) is 8.15. The van der Waals surface area contributed by atoms with Crippen LogP contribution in [0.2, 0.25) is 0 Å². The van der Waals surface area contributed by atoms with Crippen LogP contribution in [0.3, 0.4) is 0 Å². The molecule has 2 aliphatic heterocycles. The standard InChI is InChI=1S/C15H19N3O.C11H10O3/c19-15-12-7-3-4-8-13(12)16-11-14(17-15)18-9-5-1-2-6-10-18;1-7(12)10-5-8-3-4-9(13-2)6-11(8)14-10/h3-4,7-8,11,16H,1-2,5-6,9-10H2,(H,17,19);3-6H,1-2H3. The van der Waals surface area contributed by atoms with Gasteiger partial charge in [0.2, 0.25) is 0 Å². The first kappa shape index (κ1) is 22.5. The van der Waals surface area contributed by atoms with Crippen molar-refractivity contribution in [2.75, 3.05) is 25.5 Å². The lowest BCUT2D eigenvalue weighted by molar-refractivity contribution is 0.0951. The minimum absolute atomic E-state index is 0.0314. The highest BCUT2D eigenvalue weighted by Crippen LogP contribution is 2.24. The van der Waals surface area contributed by atoms with Gasteiger partial charge in [-0.2, -0.15) is 0 Å². The molecule has 3 heterocycles. The van der Waals surface area contributed by atoms with E-state index in [0.29, 0.717) is 16.9 Å². The highest BCUT2D eigenvalue weighted by Gasteiger charge is 2.20. The number of hydrogen-bond acceptors (Lipinski definition) is 6. The summed E-state index contributed by atoms with van der Waals surface area (Å²) in [6, 6.07) is 14.8. The van der Waals surface area contributed by atoms with E-state index in [1.165, 1.54) is 32.6 Å². The van der Waals surface area contributed by atoms with Gasteiger partial charge in [-0.25, -0.2) is 0 Å². The van der Waals surface area contributed by atoms with Crippen molar-refractivity contribution < 1.29 is 18.7 Å². The van der Waals surface area contributed by atoms with Crippen molar-refractivity contribution in [3.8, 4) is 5.75 Å². The lowest BCUT2D eigenvalue weighted by Gasteiger charge is -2.25. The minimum Gasteiger partial charge on any atom is -0.497 e. The number of Topliss-reactive ketones (excluding diaryl/α,β-unsaturated/α-hetero) is 1. The number of hydrogen-bond donors (Lipinski definition) is 2. The Morgan fingerprint density at radius 2 is 1.79 bits per heavy atom. The maximum absolute atomic E-state index is 12.2. The summed E-state index contributed by atoms with van der Waals surface area (Å²) in [7, 11) is 1.59. The van der Waals surface area contributed by atoms with Crippen molar-refractivity contribution in [3.05, 3.63) is 71.9 Å². The summed E-state index contributed by atoms with van der Waals surface area (Å²) in [4.78, 5) is 25.5. The lowest BCUT2D eigenvalue weighted by atomic mass is 10.1. The van der Waals surface area contributed by atoms with Gasteiger partial charge >= 0.3 is 0 Å². The largest absolute Gasteiger partial charge is 0.497 e. The van der Waals surface area contributed by atoms with Gasteiger partial charge in [0.25, 0.3) is 5.91 Å². The summed E-state index contributed by atoms with van der Waals surface area (Å²) in [5.41, 5.74) is 2.24. The summed E-state index contributed by atoms with van der Waals surface area (Å²) >= 11 is 0. The number of anilines is 1. The number of para-hydroxylation sites is 1.